The molecule has 126 valence electrons. The van der Waals surface area contributed by atoms with Crippen molar-refractivity contribution in [2.75, 3.05) is 53.1 Å². The van der Waals surface area contributed by atoms with Crippen LogP contribution in [0.25, 0.3) is 0 Å². The summed E-state index contributed by atoms with van der Waals surface area (Å²) in [5.41, 5.74) is 0.850. The summed E-state index contributed by atoms with van der Waals surface area (Å²) in [5, 5.41) is 3.63. The van der Waals surface area contributed by atoms with Crippen LogP contribution in [0.2, 0.25) is 0 Å². The quantitative estimate of drug-likeness (QED) is 0.462. The van der Waals surface area contributed by atoms with E-state index in [1.165, 1.54) is 32.1 Å². The van der Waals surface area contributed by atoms with Gasteiger partial charge in [0.1, 0.15) is 0 Å². The van der Waals surface area contributed by atoms with Gasteiger partial charge in [0.05, 0.1) is 6.61 Å². The van der Waals surface area contributed by atoms with E-state index >= 15 is 0 Å². The zero-order chi connectivity index (χ0) is 15.5. The lowest BCUT2D eigenvalue weighted by Gasteiger charge is -2.26. The first-order chi connectivity index (χ1) is 10.7. The van der Waals surface area contributed by atoms with Gasteiger partial charge < -0.3 is 19.7 Å². The number of nitrogens with zero attached hydrogens (tertiary/aromatic N) is 2. The van der Waals surface area contributed by atoms with Gasteiger partial charge in [-0.2, -0.15) is 0 Å². The molecule has 3 rings (SSSR count). The molecule has 5 heteroatoms. The van der Waals surface area contributed by atoms with Gasteiger partial charge in [0.2, 0.25) is 0 Å². The number of guanidine groups is 1. The lowest BCUT2D eigenvalue weighted by molar-refractivity contribution is 0.128. The van der Waals surface area contributed by atoms with E-state index in [0.717, 1.165) is 52.0 Å². The molecular formula is C17H31N3O2. The highest BCUT2D eigenvalue weighted by Gasteiger charge is 2.44. The van der Waals surface area contributed by atoms with Gasteiger partial charge in [-0.3, -0.25) is 4.99 Å². The van der Waals surface area contributed by atoms with Crippen LogP contribution in [0.5, 0.6) is 0 Å². The second-order valence-electron chi connectivity index (χ2n) is 7.32. The molecule has 0 radical (unpaired) electrons. The number of ether oxygens (including phenoxy) is 2. The summed E-state index contributed by atoms with van der Waals surface area (Å²) in [5.74, 6) is 1.08. The summed E-state index contributed by atoms with van der Waals surface area (Å²) >= 11 is 0. The Morgan fingerprint density at radius 1 is 1.32 bits per heavy atom. The zero-order valence-electron chi connectivity index (χ0n) is 14.2. The Balaban J connectivity index is 1.47. The molecule has 1 unspecified atom stereocenters. The van der Waals surface area contributed by atoms with E-state index in [1.807, 2.05) is 7.05 Å². The fourth-order valence-corrected chi connectivity index (χ4v) is 3.81. The van der Waals surface area contributed by atoms with E-state index in [0.29, 0.717) is 10.8 Å². The second-order valence-corrected chi connectivity index (χ2v) is 7.32. The van der Waals surface area contributed by atoms with Gasteiger partial charge in [-0.1, -0.05) is 0 Å². The Hall–Kier alpha value is -0.810. The van der Waals surface area contributed by atoms with Crippen LogP contribution in [-0.4, -0.2) is 64.0 Å². The first-order valence-corrected chi connectivity index (χ1v) is 8.82. The molecule has 0 bridgehead atoms. The number of nitrogens with one attached hydrogen (secondary N) is 1. The van der Waals surface area contributed by atoms with Crippen LogP contribution < -0.4 is 5.32 Å². The van der Waals surface area contributed by atoms with E-state index < -0.39 is 0 Å². The average molecular weight is 309 g/mol. The highest BCUT2D eigenvalue weighted by molar-refractivity contribution is 5.80. The minimum atomic E-state index is 0.393. The third-order valence-corrected chi connectivity index (χ3v) is 5.69. The zero-order valence-corrected chi connectivity index (χ0v) is 14.2. The molecule has 0 aromatic rings. The third-order valence-electron chi connectivity index (χ3n) is 5.69. The normalized spacial score (nSPS) is 30.3. The maximum Gasteiger partial charge on any atom is 0.193 e. The van der Waals surface area contributed by atoms with Crippen molar-refractivity contribution in [2.45, 2.75) is 39.0 Å². The number of rotatable bonds is 6. The van der Waals surface area contributed by atoms with Crippen LogP contribution in [0.4, 0.5) is 0 Å². The summed E-state index contributed by atoms with van der Waals surface area (Å²) < 4.78 is 11.1. The first-order valence-electron chi connectivity index (χ1n) is 8.82. The molecule has 2 aliphatic heterocycles. The van der Waals surface area contributed by atoms with Crippen molar-refractivity contribution in [2.24, 2.45) is 15.8 Å². The molecule has 1 N–H and O–H groups in total. The monoisotopic (exact) mass is 309 g/mol. The molecule has 1 spiro atoms. The highest BCUT2D eigenvalue weighted by Crippen LogP contribution is 2.48. The van der Waals surface area contributed by atoms with Crippen LogP contribution in [0.1, 0.15) is 39.0 Å². The molecule has 1 atom stereocenters. The van der Waals surface area contributed by atoms with E-state index in [-0.39, 0.29) is 0 Å². The number of hydrogen-bond acceptors (Lipinski definition) is 3. The standard InChI is InChI=1S/C17H31N3O2/c1-3-21-10-7-16(4-5-16)12-19-15(18-2)20-9-6-17(13-20)8-11-22-14-17/h3-14H2,1-2H3,(H,18,19). The Morgan fingerprint density at radius 2 is 2.18 bits per heavy atom. The van der Waals surface area contributed by atoms with E-state index in [1.54, 1.807) is 0 Å². The molecule has 0 aromatic heterocycles. The predicted molar refractivity (Wildman–Crippen MR) is 88.2 cm³/mol. The lowest BCUT2D eigenvalue weighted by Crippen LogP contribution is -2.43. The van der Waals surface area contributed by atoms with Crippen LogP contribution >= 0.6 is 0 Å². The summed E-state index contributed by atoms with van der Waals surface area (Å²) in [6.45, 7) is 8.87. The van der Waals surface area contributed by atoms with Gasteiger partial charge in [-0.05, 0) is 44.4 Å². The molecule has 1 aliphatic carbocycles. The maximum atomic E-state index is 5.62. The summed E-state index contributed by atoms with van der Waals surface area (Å²) in [4.78, 5) is 6.94. The van der Waals surface area contributed by atoms with Gasteiger partial charge in [0.15, 0.2) is 5.96 Å². The van der Waals surface area contributed by atoms with E-state index in [4.69, 9.17) is 9.47 Å². The summed E-state index contributed by atoms with van der Waals surface area (Å²) in [6, 6.07) is 0. The topological polar surface area (TPSA) is 46.1 Å². The minimum Gasteiger partial charge on any atom is -0.382 e. The van der Waals surface area contributed by atoms with Crippen molar-refractivity contribution in [1.82, 2.24) is 10.2 Å². The Labute approximate surface area is 134 Å². The Morgan fingerprint density at radius 3 is 2.82 bits per heavy atom. The van der Waals surface area contributed by atoms with Gasteiger partial charge in [0, 0.05) is 51.9 Å². The smallest absolute Gasteiger partial charge is 0.193 e. The summed E-state index contributed by atoms with van der Waals surface area (Å²) in [7, 11) is 1.90. The molecule has 2 saturated heterocycles. The van der Waals surface area contributed by atoms with Crippen LogP contribution in [0.15, 0.2) is 4.99 Å². The Kier molecular flexibility index (Phi) is 4.93. The van der Waals surface area contributed by atoms with Gasteiger partial charge >= 0.3 is 0 Å². The SMILES string of the molecule is CCOCCC1(CNC(=NC)N2CCC3(CCOC3)C2)CC1. The van der Waals surface area contributed by atoms with E-state index in [9.17, 15) is 0 Å². The molecule has 0 amide bonds. The van der Waals surface area contributed by atoms with Crippen molar-refractivity contribution in [3.8, 4) is 0 Å². The van der Waals surface area contributed by atoms with Crippen molar-refractivity contribution >= 4 is 5.96 Å². The van der Waals surface area contributed by atoms with Crippen LogP contribution in [0, 0.1) is 10.8 Å². The van der Waals surface area contributed by atoms with Gasteiger partial charge in [-0.25, -0.2) is 0 Å². The van der Waals surface area contributed by atoms with E-state index in [2.05, 4.69) is 22.1 Å². The van der Waals surface area contributed by atoms with Crippen molar-refractivity contribution in [1.29, 1.82) is 0 Å². The molecule has 22 heavy (non-hydrogen) atoms. The highest BCUT2D eigenvalue weighted by atomic mass is 16.5. The molecule has 3 aliphatic rings. The number of hydrogen-bond donors (Lipinski definition) is 1. The average Bonchev–Trinajstić information content (AvgIpc) is 2.97. The van der Waals surface area contributed by atoms with Crippen molar-refractivity contribution in [3.05, 3.63) is 0 Å². The van der Waals surface area contributed by atoms with Crippen LogP contribution in [0.3, 0.4) is 0 Å². The predicted octanol–water partition coefficient (Wildman–Crippen LogP) is 1.88. The third kappa shape index (κ3) is 3.57. The number of aliphatic imine (C=N–C) groups is 1. The van der Waals surface area contributed by atoms with Crippen molar-refractivity contribution in [3.63, 3.8) is 0 Å². The largest absolute Gasteiger partial charge is 0.382 e. The lowest BCUT2D eigenvalue weighted by atomic mass is 9.87. The first kappa shape index (κ1) is 16.1. The van der Waals surface area contributed by atoms with Crippen LogP contribution in [-0.2, 0) is 9.47 Å². The second kappa shape index (κ2) is 6.75. The minimum absolute atomic E-state index is 0.393. The number of likely N-dealkylation sites (tertiary alicyclic amines) is 1. The molecule has 2 heterocycles. The van der Waals surface area contributed by atoms with Gasteiger partial charge in [0.25, 0.3) is 0 Å². The Bertz CT molecular complexity index is 401. The molecule has 3 fully saturated rings. The molecule has 0 aromatic carbocycles. The molecule has 5 nitrogen and oxygen atoms in total. The maximum absolute atomic E-state index is 5.62. The fraction of sp³-hybridized carbons (Fsp3) is 0.941. The van der Waals surface area contributed by atoms with Crippen molar-refractivity contribution < 1.29 is 9.47 Å². The summed E-state index contributed by atoms with van der Waals surface area (Å²) in [6.07, 6.45) is 6.26. The van der Waals surface area contributed by atoms with Gasteiger partial charge in [-0.15, -0.1) is 0 Å². The fourth-order valence-electron chi connectivity index (χ4n) is 3.81. The molecular weight excluding hydrogens is 278 g/mol. The molecule has 1 saturated carbocycles.